The molecule has 118 valence electrons. The first-order valence-corrected chi connectivity index (χ1v) is 8.20. The normalized spacial score (nSPS) is 15.5. The molecule has 1 aliphatic carbocycles. The summed E-state index contributed by atoms with van der Waals surface area (Å²) in [6, 6.07) is 14.9. The number of aryl methyl sites for hydroxylation is 1. The SMILES string of the molecule is Cc1ccc(O)cc1.Oc1ccccc1C1CCCCCC1. The van der Waals surface area contributed by atoms with Crippen molar-refractivity contribution < 1.29 is 10.2 Å². The van der Waals surface area contributed by atoms with Crippen LogP contribution in [0.4, 0.5) is 0 Å². The van der Waals surface area contributed by atoms with E-state index in [2.05, 4.69) is 6.07 Å². The highest BCUT2D eigenvalue weighted by Crippen LogP contribution is 2.35. The number of hydrogen-bond donors (Lipinski definition) is 2. The molecule has 2 N–H and O–H groups in total. The largest absolute Gasteiger partial charge is 0.508 e. The van der Waals surface area contributed by atoms with Gasteiger partial charge < -0.3 is 10.2 Å². The van der Waals surface area contributed by atoms with Gasteiger partial charge in [-0.3, -0.25) is 0 Å². The van der Waals surface area contributed by atoms with Crippen molar-refractivity contribution in [2.24, 2.45) is 0 Å². The average Bonchev–Trinajstić information content (AvgIpc) is 2.80. The molecule has 0 amide bonds. The quantitative estimate of drug-likeness (QED) is 0.679. The maximum atomic E-state index is 9.75. The topological polar surface area (TPSA) is 40.5 Å². The molecule has 2 aromatic carbocycles. The molecule has 3 rings (SSSR count). The van der Waals surface area contributed by atoms with Crippen LogP contribution >= 0.6 is 0 Å². The Kier molecular flexibility index (Phi) is 6.32. The van der Waals surface area contributed by atoms with Crippen LogP contribution in [-0.4, -0.2) is 10.2 Å². The number of para-hydroxylation sites is 1. The summed E-state index contributed by atoms with van der Waals surface area (Å²) in [5, 5.41) is 18.5. The smallest absolute Gasteiger partial charge is 0.119 e. The third-order valence-corrected chi connectivity index (χ3v) is 4.27. The van der Waals surface area contributed by atoms with Crippen molar-refractivity contribution in [3.63, 3.8) is 0 Å². The summed E-state index contributed by atoms with van der Waals surface area (Å²) in [5.74, 6) is 1.41. The molecule has 0 spiro atoms. The van der Waals surface area contributed by atoms with E-state index in [0.717, 1.165) is 5.56 Å². The van der Waals surface area contributed by atoms with Gasteiger partial charge in [-0.2, -0.15) is 0 Å². The molecule has 0 unspecified atom stereocenters. The predicted molar refractivity (Wildman–Crippen MR) is 91.4 cm³/mol. The van der Waals surface area contributed by atoms with Crippen molar-refractivity contribution in [3.8, 4) is 11.5 Å². The number of phenolic OH excluding ortho intramolecular Hbond substituents is 2. The highest BCUT2D eigenvalue weighted by Gasteiger charge is 2.16. The molecular formula is C20H26O2. The van der Waals surface area contributed by atoms with Gasteiger partial charge in [0.05, 0.1) is 0 Å². The summed E-state index contributed by atoms with van der Waals surface area (Å²) in [6.07, 6.45) is 7.86. The summed E-state index contributed by atoms with van der Waals surface area (Å²) in [6.45, 7) is 1.99. The van der Waals surface area contributed by atoms with Gasteiger partial charge in [0.2, 0.25) is 0 Å². The van der Waals surface area contributed by atoms with Gasteiger partial charge in [0.1, 0.15) is 11.5 Å². The Bertz CT molecular complexity index is 531. The van der Waals surface area contributed by atoms with E-state index in [4.69, 9.17) is 5.11 Å². The molecule has 2 heteroatoms. The Morgan fingerprint density at radius 2 is 1.36 bits per heavy atom. The Balaban J connectivity index is 0.000000188. The molecule has 22 heavy (non-hydrogen) atoms. The maximum absolute atomic E-state index is 9.75. The fourth-order valence-electron chi connectivity index (χ4n) is 2.97. The first-order valence-electron chi connectivity index (χ1n) is 8.20. The van der Waals surface area contributed by atoms with Crippen LogP contribution in [0.5, 0.6) is 11.5 Å². The molecule has 0 heterocycles. The lowest BCUT2D eigenvalue weighted by atomic mass is 9.91. The summed E-state index contributed by atoms with van der Waals surface area (Å²) >= 11 is 0. The molecule has 0 bridgehead atoms. The van der Waals surface area contributed by atoms with Crippen LogP contribution < -0.4 is 0 Å². The molecule has 0 atom stereocenters. The van der Waals surface area contributed by atoms with Crippen molar-refractivity contribution >= 4 is 0 Å². The molecule has 2 aromatic rings. The van der Waals surface area contributed by atoms with Gasteiger partial charge in [0.15, 0.2) is 0 Å². The van der Waals surface area contributed by atoms with Gasteiger partial charge in [-0.15, -0.1) is 0 Å². The van der Waals surface area contributed by atoms with E-state index in [1.165, 1.54) is 44.1 Å². The second kappa shape index (κ2) is 8.47. The lowest BCUT2D eigenvalue weighted by Gasteiger charge is -2.15. The number of benzene rings is 2. The van der Waals surface area contributed by atoms with E-state index >= 15 is 0 Å². The molecule has 1 fully saturated rings. The van der Waals surface area contributed by atoms with Crippen molar-refractivity contribution in [1.29, 1.82) is 0 Å². The van der Waals surface area contributed by atoms with Gasteiger partial charge in [-0.1, -0.05) is 61.6 Å². The Morgan fingerprint density at radius 1 is 0.773 bits per heavy atom. The monoisotopic (exact) mass is 298 g/mol. The summed E-state index contributed by atoms with van der Waals surface area (Å²) in [5.41, 5.74) is 2.33. The zero-order valence-corrected chi connectivity index (χ0v) is 13.3. The maximum Gasteiger partial charge on any atom is 0.119 e. The fraction of sp³-hybridized carbons (Fsp3) is 0.400. The zero-order valence-electron chi connectivity index (χ0n) is 13.3. The molecule has 0 aliphatic heterocycles. The third-order valence-electron chi connectivity index (χ3n) is 4.27. The van der Waals surface area contributed by atoms with Crippen molar-refractivity contribution in [3.05, 3.63) is 59.7 Å². The number of hydrogen-bond acceptors (Lipinski definition) is 2. The van der Waals surface area contributed by atoms with Crippen molar-refractivity contribution in [2.75, 3.05) is 0 Å². The third kappa shape index (κ3) is 5.10. The van der Waals surface area contributed by atoms with Crippen LogP contribution in [0.25, 0.3) is 0 Å². The molecule has 1 saturated carbocycles. The van der Waals surface area contributed by atoms with E-state index in [-0.39, 0.29) is 0 Å². The van der Waals surface area contributed by atoms with Crippen molar-refractivity contribution in [2.45, 2.75) is 51.4 Å². The van der Waals surface area contributed by atoms with Crippen LogP contribution in [-0.2, 0) is 0 Å². The predicted octanol–water partition coefficient (Wildman–Crippen LogP) is 5.53. The standard InChI is InChI=1S/C13H18O.C7H8O/c14-13-10-6-5-9-12(13)11-7-3-1-2-4-8-11;1-6-2-4-7(8)5-3-6/h5-6,9-11,14H,1-4,7-8H2;2-5,8H,1H3. The molecule has 0 radical (unpaired) electrons. The number of aromatic hydroxyl groups is 2. The fourth-order valence-corrected chi connectivity index (χ4v) is 2.97. The van der Waals surface area contributed by atoms with Gasteiger partial charge in [-0.05, 0) is 49.4 Å². The van der Waals surface area contributed by atoms with E-state index in [1.54, 1.807) is 18.2 Å². The number of phenols is 2. The molecular weight excluding hydrogens is 272 g/mol. The van der Waals surface area contributed by atoms with Gasteiger partial charge in [0.25, 0.3) is 0 Å². The molecule has 1 aliphatic rings. The van der Waals surface area contributed by atoms with Gasteiger partial charge in [0, 0.05) is 0 Å². The minimum absolute atomic E-state index is 0.329. The van der Waals surface area contributed by atoms with Gasteiger partial charge in [-0.25, -0.2) is 0 Å². The Hall–Kier alpha value is -1.96. The minimum atomic E-state index is 0.329. The minimum Gasteiger partial charge on any atom is -0.508 e. The second-order valence-corrected chi connectivity index (χ2v) is 6.08. The van der Waals surface area contributed by atoms with E-state index in [1.807, 2.05) is 31.2 Å². The second-order valence-electron chi connectivity index (χ2n) is 6.08. The number of rotatable bonds is 1. The summed E-state index contributed by atoms with van der Waals surface area (Å²) in [7, 11) is 0. The highest BCUT2D eigenvalue weighted by molar-refractivity contribution is 5.34. The highest BCUT2D eigenvalue weighted by atomic mass is 16.3. The van der Waals surface area contributed by atoms with Crippen LogP contribution in [0, 0.1) is 6.92 Å². The lowest BCUT2D eigenvalue weighted by molar-refractivity contribution is 0.454. The van der Waals surface area contributed by atoms with Crippen LogP contribution in [0.2, 0.25) is 0 Å². The van der Waals surface area contributed by atoms with Crippen LogP contribution in [0.3, 0.4) is 0 Å². The Morgan fingerprint density at radius 3 is 1.91 bits per heavy atom. The Labute approximate surface area is 133 Å². The first-order chi connectivity index (χ1) is 10.7. The molecule has 0 aromatic heterocycles. The van der Waals surface area contributed by atoms with Gasteiger partial charge >= 0.3 is 0 Å². The lowest BCUT2D eigenvalue weighted by Crippen LogP contribution is -1.97. The van der Waals surface area contributed by atoms with Crippen LogP contribution in [0.1, 0.15) is 55.6 Å². The molecule has 2 nitrogen and oxygen atoms in total. The van der Waals surface area contributed by atoms with E-state index in [0.29, 0.717) is 17.4 Å². The van der Waals surface area contributed by atoms with Crippen molar-refractivity contribution in [1.82, 2.24) is 0 Å². The van der Waals surface area contributed by atoms with E-state index in [9.17, 15) is 5.11 Å². The van der Waals surface area contributed by atoms with Crippen LogP contribution in [0.15, 0.2) is 48.5 Å². The first kappa shape index (κ1) is 16.4. The summed E-state index contributed by atoms with van der Waals surface area (Å²) in [4.78, 5) is 0. The average molecular weight is 298 g/mol. The zero-order chi connectivity index (χ0) is 15.8. The van der Waals surface area contributed by atoms with E-state index < -0.39 is 0 Å². The summed E-state index contributed by atoms with van der Waals surface area (Å²) < 4.78 is 0. The molecule has 0 saturated heterocycles.